The van der Waals surface area contributed by atoms with Crippen LogP contribution < -0.4 is 20.0 Å². The van der Waals surface area contributed by atoms with Crippen LogP contribution in [0.5, 0.6) is 0 Å². The Morgan fingerprint density at radius 3 is 0.701 bits per heavy atom. The highest BCUT2D eigenvalue weighted by molar-refractivity contribution is 9.11. The van der Waals surface area contributed by atoms with E-state index in [0.717, 1.165) is 22.1 Å². The van der Waals surface area contributed by atoms with Crippen molar-refractivity contribution in [3.05, 3.63) is 498 Å². The van der Waals surface area contributed by atoms with Crippen molar-refractivity contribution < 1.29 is 49.3 Å². The summed E-state index contributed by atoms with van der Waals surface area (Å²) in [5, 5.41) is 7.62. The van der Waals surface area contributed by atoms with Crippen LogP contribution in [0.2, 0.25) is 0 Å². The summed E-state index contributed by atoms with van der Waals surface area (Å²) in [7, 11) is 0. The number of halogens is 3. The molecule has 0 aliphatic heterocycles. The molecule has 0 radical (unpaired) electrons. The molecule has 0 spiro atoms. The van der Waals surface area contributed by atoms with E-state index in [0.29, 0.717) is 34.1 Å². The highest BCUT2D eigenvalue weighted by Crippen LogP contribution is 2.42. The van der Waals surface area contributed by atoms with Crippen LogP contribution in [0.15, 0.2) is 498 Å². The summed E-state index contributed by atoms with van der Waals surface area (Å²) in [4.78, 5) is 4.78. The van der Waals surface area contributed by atoms with Crippen molar-refractivity contribution in [1.82, 2.24) is 0 Å². The van der Waals surface area contributed by atoms with Crippen molar-refractivity contribution in [3.8, 4) is 66.8 Å². The van der Waals surface area contributed by atoms with Crippen LogP contribution in [0.3, 0.4) is 0 Å². The lowest BCUT2D eigenvalue weighted by Crippen LogP contribution is -2.10. The molecule has 0 saturated heterocycles. The van der Waals surface area contributed by atoms with Crippen molar-refractivity contribution in [2.45, 2.75) is 0 Å². The standard InChI is InChI=1S/C46H34N2.C30H22BrN.C18H12Br2.C16H13N/c1-4-15-40(16-5-1)47(41-17-6-2-7-18-41)43-31-27-37(28-32-43)35-23-25-36(26-24-35)38-29-33-44(34-30-38)48(42-19-8-3-9-20-42)46-22-12-14-39-13-10-11-21-45(39)46;31-27-19-15-25(16-20-27)23-11-13-24(14-12-23)26-17-21-30(22-18-26)32(28-7-3-1-4-8-28)29-9-5-2-6-10-29;19-17-9-5-15(6-10-17)13-1-2-14(4-3-13)16-7-11-18(20)12-8-16;1-2-9-14(10-3-1)17-16-12-6-8-13-7-4-5-11-15(13)16/h1-34H;1-22H;1-12H;1-12,17H/i23D,24D,25D,26D,27D,28D,29D,30D,31D,32D,33D,34D;11D,12D,13D,14D,15D,16D,17D,18D,19D,20D,21D,22D;1D,2D,3D,4D,5D,6D,7D,8D,9D,10D,11D,12D;. The highest BCUT2D eigenvalue weighted by Gasteiger charge is 2.18. The van der Waals surface area contributed by atoms with Gasteiger partial charge in [0.25, 0.3) is 0 Å². The van der Waals surface area contributed by atoms with E-state index in [1.165, 1.54) is 10.8 Å². The van der Waals surface area contributed by atoms with E-state index >= 15 is 0 Å². The zero-order valence-electron chi connectivity index (χ0n) is 97.4. The third-order valence-corrected chi connectivity index (χ3v) is 18.8. The number of benzene rings is 19. The van der Waals surface area contributed by atoms with E-state index in [9.17, 15) is 5.48 Å². The smallest absolute Gasteiger partial charge is 0.0645 e. The molecule has 0 aliphatic carbocycles. The minimum Gasteiger partial charge on any atom is -0.355 e. The fourth-order valence-electron chi connectivity index (χ4n) is 12.1. The summed E-state index contributed by atoms with van der Waals surface area (Å²) >= 11 is 8.94. The number of fused-ring (bicyclic) bond motifs is 2. The molecule has 0 aromatic heterocycles. The Kier molecular flexibility index (Phi) is 14.8. The molecule has 0 heterocycles. The normalized spacial score (nSPS) is 15.0. The van der Waals surface area contributed by atoms with Crippen LogP contribution in [-0.2, 0) is 0 Å². The van der Waals surface area contributed by atoms with Crippen molar-refractivity contribution in [3.63, 3.8) is 0 Å². The molecule has 1 N–H and O–H groups in total. The summed E-state index contributed by atoms with van der Waals surface area (Å²) in [6.45, 7) is 0. The number of anilines is 11. The lowest BCUT2D eigenvalue weighted by atomic mass is 9.99. The number of nitrogens with zero attached hydrogens (tertiary/aromatic N) is 3. The predicted octanol–water partition coefficient (Wildman–Crippen LogP) is 33.5. The zero-order chi connectivity index (χ0) is 111. The minimum absolute atomic E-state index is 0.0773. The molecule has 19 aromatic rings. The number of hydrogen-bond acceptors (Lipinski definition) is 4. The van der Waals surface area contributed by atoms with Crippen molar-refractivity contribution >= 4 is 132 Å². The molecule has 7 heteroatoms. The van der Waals surface area contributed by atoms with E-state index in [4.69, 9.17) is 43.9 Å². The van der Waals surface area contributed by atoms with Crippen molar-refractivity contribution in [1.29, 1.82) is 0 Å². The van der Waals surface area contributed by atoms with Gasteiger partial charge in [-0.2, -0.15) is 0 Å². The number of hydrogen-bond donors (Lipinski definition) is 1. The maximum Gasteiger partial charge on any atom is 0.0645 e. The van der Waals surface area contributed by atoms with Gasteiger partial charge < -0.3 is 20.0 Å². The van der Waals surface area contributed by atoms with Gasteiger partial charge in [0.1, 0.15) is 0 Å². The number of rotatable bonds is 17. The topological polar surface area (TPSA) is 21.8 Å². The molecule has 0 unspecified atom stereocenters. The molecule has 117 heavy (non-hydrogen) atoms. The van der Waals surface area contributed by atoms with Gasteiger partial charge in [0.15, 0.2) is 0 Å². The Balaban J connectivity index is 0.000000156. The van der Waals surface area contributed by atoms with E-state index in [2.05, 4.69) is 108 Å². The van der Waals surface area contributed by atoms with Gasteiger partial charge in [-0.25, -0.2) is 0 Å². The Labute approximate surface area is 762 Å². The first kappa shape index (κ1) is 45.4. The molecule has 19 rings (SSSR count). The molecule has 0 bridgehead atoms. The molecule has 19 aromatic carbocycles. The molecule has 4 nitrogen and oxygen atoms in total. The van der Waals surface area contributed by atoms with Crippen LogP contribution in [0.25, 0.3) is 88.3 Å². The van der Waals surface area contributed by atoms with Gasteiger partial charge in [0.2, 0.25) is 0 Å². The van der Waals surface area contributed by atoms with Crippen LogP contribution in [0.4, 0.5) is 62.6 Å². The Bertz CT molecular complexity index is 8310. The predicted molar refractivity (Wildman–Crippen MR) is 510 cm³/mol. The average Bonchev–Trinajstić information content (AvgIpc) is 0.731. The first-order valence-electron chi connectivity index (χ1n) is 54.2. The van der Waals surface area contributed by atoms with Crippen LogP contribution in [0, 0.1) is 0 Å². The highest BCUT2D eigenvalue weighted by atomic mass is 79.9. The first-order valence-corrected chi connectivity index (χ1v) is 38.6. The Morgan fingerprint density at radius 1 is 0.179 bits per heavy atom. The Hall–Kier alpha value is -13.7. The molecular weight excluding hydrogens is 1620 g/mol. The van der Waals surface area contributed by atoms with E-state index in [-0.39, 0.29) is 30.5 Å². The quantitative estimate of drug-likeness (QED) is 0.0981. The monoisotopic (exact) mass is 1730 g/mol. The maximum absolute atomic E-state index is 9.32. The SMILES string of the molecule is [2H]c1c([2H])c(-c2c([2H])c([2H])c(-c3c([2H])c([2H])c(Br)c([2H])c3[2H])c([2H])c2[2H])c([2H])c([2H])c1Br.[2H]c1c([2H])c(-c2c([2H])c([2H])c(-c3c([2H])c([2H])c(N(c4ccccc4)c4ccccc4)c([2H])c3[2H])c([2H])c2[2H])c([2H])c([2H])c1Br.[2H]c1c([2H])c(-c2c([2H])c([2H])c(N(c3ccccc3)c3cccc4ccccc34)c([2H])c2[2H])c([2H])c([2H])c1-c1c([2H])c([2H])c(N(c2ccccc2)c2ccccc2)c([2H])c1[2H].c1ccc(Nc2cccc3ccccc23)cc1. The second kappa shape index (κ2) is 38.0. The number of nitrogens with one attached hydrogen (secondary N) is 1. The minimum atomic E-state index is -0.732. The molecule has 0 saturated carbocycles. The third-order valence-electron chi connectivity index (χ3n) is 17.6. The fraction of sp³-hybridized carbons (Fsp3) is 0. The average molecular weight is 1730 g/mol. The summed E-state index contributed by atoms with van der Waals surface area (Å²) in [6, 6.07) is 61.4. The molecule has 0 aliphatic rings. The zero-order valence-corrected chi connectivity index (χ0v) is 66.1. The van der Waals surface area contributed by atoms with Gasteiger partial charge in [-0.15, -0.1) is 0 Å². The summed E-state index contributed by atoms with van der Waals surface area (Å²) in [6.07, 6.45) is 0. The first-order chi connectivity index (χ1) is 72.8. The van der Waals surface area contributed by atoms with Crippen molar-refractivity contribution in [2.75, 3.05) is 20.0 Å². The lowest BCUT2D eigenvalue weighted by molar-refractivity contribution is 1.28. The molecule has 562 valence electrons. The van der Waals surface area contributed by atoms with E-state index < -0.39 is 284 Å². The summed E-state index contributed by atoms with van der Waals surface area (Å²) < 4.78 is 312. The van der Waals surface area contributed by atoms with E-state index in [1.54, 1.807) is 160 Å². The van der Waals surface area contributed by atoms with E-state index in [1.807, 2.05) is 66.7 Å². The molecule has 0 fully saturated rings. The lowest BCUT2D eigenvalue weighted by Gasteiger charge is -2.27. The van der Waals surface area contributed by atoms with Gasteiger partial charge >= 0.3 is 0 Å². The van der Waals surface area contributed by atoms with Crippen molar-refractivity contribution in [2.24, 2.45) is 0 Å². The van der Waals surface area contributed by atoms with Gasteiger partial charge in [-0.05, 0) is 235 Å². The van der Waals surface area contributed by atoms with Gasteiger partial charge in [-0.1, -0.05) is 375 Å². The molecular formula is C110H81Br3N4. The molecule has 0 amide bonds. The summed E-state index contributed by atoms with van der Waals surface area (Å²) in [5.41, 5.74) is -0.0933. The van der Waals surface area contributed by atoms with Gasteiger partial charge in [0.05, 0.1) is 55.0 Å². The second-order valence-electron chi connectivity index (χ2n) is 25.2. The van der Waals surface area contributed by atoms with Crippen LogP contribution >= 0.6 is 47.8 Å². The Morgan fingerprint density at radius 2 is 0.393 bits per heavy atom. The molecule has 0 atom stereocenters. The largest absolute Gasteiger partial charge is 0.355 e. The fourth-order valence-corrected chi connectivity index (χ4v) is 12.7. The second-order valence-corrected chi connectivity index (χ2v) is 27.6. The number of para-hydroxylation sites is 6. The third kappa shape index (κ3) is 19.4. The van der Waals surface area contributed by atoms with Gasteiger partial charge in [-0.3, -0.25) is 0 Å². The van der Waals surface area contributed by atoms with Gasteiger partial charge in [0, 0.05) is 81.1 Å². The van der Waals surface area contributed by atoms with Crippen LogP contribution in [0.1, 0.15) is 49.3 Å². The summed E-state index contributed by atoms with van der Waals surface area (Å²) in [5.74, 6) is 0. The maximum atomic E-state index is 9.32. The van der Waals surface area contributed by atoms with Crippen LogP contribution in [-0.4, -0.2) is 0 Å².